The molecular formula is C44H44Cl2N6O10S3. The number of thiophene rings is 1. The first-order chi connectivity index (χ1) is 30.6. The van der Waals surface area contributed by atoms with Gasteiger partial charge in [0.2, 0.25) is 20.0 Å². The number of aromatic hydroxyl groups is 2. The van der Waals surface area contributed by atoms with Crippen molar-refractivity contribution in [3.05, 3.63) is 132 Å². The van der Waals surface area contributed by atoms with Crippen LogP contribution in [0.3, 0.4) is 0 Å². The van der Waals surface area contributed by atoms with Crippen molar-refractivity contribution in [1.29, 1.82) is 0 Å². The van der Waals surface area contributed by atoms with Crippen LogP contribution in [0, 0.1) is 6.92 Å². The molecule has 0 saturated heterocycles. The number of aryl methyl sites for hydroxylation is 1. The molecule has 342 valence electrons. The Bertz CT molecular complexity index is 3250. The number of hydrogen-bond donors (Lipinski definition) is 6. The third-order valence-electron chi connectivity index (χ3n) is 12.4. The summed E-state index contributed by atoms with van der Waals surface area (Å²) in [5, 5.41) is 34.0. The van der Waals surface area contributed by atoms with E-state index in [2.05, 4.69) is 21.3 Å². The molecule has 0 spiro atoms. The zero-order chi connectivity index (χ0) is 47.0. The lowest BCUT2D eigenvalue weighted by Gasteiger charge is -2.44. The van der Waals surface area contributed by atoms with Gasteiger partial charge < -0.3 is 31.5 Å². The minimum atomic E-state index is -4.51. The fraction of sp³-hybridized carbons (Fsp3) is 0.318. The van der Waals surface area contributed by atoms with E-state index < -0.39 is 74.1 Å². The third kappa shape index (κ3) is 7.89. The minimum Gasteiger partial charge on any atom is -0.504 e. The normalized spacial score (nSPS) is 16.0. The van der Waals surface area contributed by atoms with Gasteiger partial charge in [-0.2, -0.15) is 4.31 Å². The highest BCUT2D eigenvalue weighted by molar-refractivity contribution is 7.89. The Kier molecular flexibility index (Phi) is 12.0. The van der Waals surface area contributed by atoms with Gasteiger partial charge in [0.05, 0.1) is 32.5 Å². The van der Waals surface area contributed by atoms with Crippen LogP contribution in [0.5, 0.6) is 11.5 Å². The van der Waals surface area contributed by atoms with Gasteiger partial charge in [-0.1, -0.05) is 65.9 Å². The molecule has 16 nitrogen and oxygen atoms in total. The van der Waals surface area contributed by atoms with E-state index in [1.54, 1.807) is 12.1 Å². The van der Waals surface area contributed by atoms with Gasteiger partial charge in [-0.3, -0.25) is 19.2 Å². The maximum Gasteiger partial charge on any atom is 0.253 e. The van der Waals surface area contributed by atoms with Crippen molar-refractivity contribution >= 4 is 88.7 Å². The van der Waals surface area contributed by atoms with Crippen LogP contribution in [0.4, 0.5) is 34.1 Å². The topological polar surface area (TPSA) is 232 Å². The summed E-state index contributed by atoms with van der Waals surface area (Å²) in [6.45, 7) is 1.81. The number of halogens is 2. The van der Waals surface area contributed by atoms with Gasteiger partial charge in [0.15, 0.2) is 11.5 Å². The SMILES string of the molecule is Cc1ccc(C2(Nc3c(Nc4ccc(Cl)c(S(=O)(=O)N(C)Cc5ccc(C6(Nc7c(Nc8ccc(Cl)c(S(=O)(=O)N(C)C)c8O)c(=O)c7=O)CCCC6)s5)c4O)c(=O)c3=O)CCC2)cc1. The van der Waals surface area contributed by atoms with E-state index in [0.717, 1.165) is 56.7 Å². The van der Waals surface area contributed by atoms with E-state index in [4.69, 9.17) is 23.2 Å². The maximum atomic E-state index is 14.2. The Morgan fingerprint density at radius 3 is 1.55 bits per heavy atom. The molecule has 0 bridgehead atoms. The first kappa shape index (κ1) is 46.3. The highest BCUT2D eigenvalue weighted by atomic mass is 35.5. The largest absolute Gasteiger partial charge is 0.504 e. The van der Waals surface area contributed by atoms with Crippen molar-refractivity contribution in [1.82, 2.24) is 8.61 Å². The predicted octanol–water partition coefficient (Wildman–Crippen LogP) is 6.90. The highest BCUT2D eigenvalue weighted by Crippen LogP contribution is 2.48. The van der Waals surface area contributed by atoms with Crippen molar-refractivity contribution in [3.8, 4) is 11.5 Å². The van der Waals surface area contributed by atoms with E-state index in [0.29, 0.717) is 17.7 Å². The highest BCUT2D eigenvalue weighted by Gasteiger charge is 2.43. The summed E-state index contributed by atoms with van der Waals surface area (Å²) in [7, 11) is -4.86. The number of benzene rings is 3. The maximum absolute atomic E-state index is 14.2. The summed E-state index contributed by atoms with van der Waals surface area (Å²) in [6.07, 6.45) is 4.99. The second-order valence-corrected chi connectivity index (χ2v) is 22.8. The standard InChI is InChI=1S/C44H44Cl2N6O10S3/c1-23-8-10-24(11-9-23)43(20-7-21-43)49-33-31(37(55)39(33)57)48-29-16-14-27(46)42(36(29)54)65(61,62)52(4)22-25-12-17-30(63-25)44(18-5-6-19-44)50-34-32(38(56)40(34)58)47-28-15-13-26(45)41(35(28)53)64(59,60)51(2)3/h8-17,47-50,53-54H,5-7,18-22H2,1-4H3. The Morgan fingerprint density at radius 1 is 0.615 bits per heavy atom. The average molecular weight is 984 g/mol. The molecule has 65 heavy (non-hydrogen) atoms. The van der Waals surface area contributed by atoms with Crippen LogP contribution in [-0.4, -0.2) is 56.8 Å². The summed E-state index contributed by atoms with van der Waals surface area (Å²) in [5.41, 5.74) is -3.25. The molecule has 0 amide bonds. The van der Waals surface area contributed by atoms with Crippen molar-refractivity contribution in [2.24, 2.45) is 0 Å². The fourth-order valence-electron chi connectivity index (χ4n) is 8.46. The molecule has 5 aromatic carbocycles. The van der Waals surface area contributed by atoms with Crippen molar-refractivity contribution in [2.75, 3.05) is 42.4 Å². The van der Waals surface area contributed by atoms with Gasteiger partial charge in [0.25, 0.3) is 21.7 Å². The summed E-state index contributed by atoms with van der Waals surface area (Å²) in [4.78, 5) is 52.0. The summed E-state index contributed by atoms with van der Waals surface area (Å²) < 4.78 is 56.1. The van der Waals surface area contributed by atoms with Crippen LogP contribution in [0.15, 0.2) is 89.6 Å². The molecule has 2 aliphatic rings. The molecule has 1 heterocycles. The quantitative estimate of drug-likeness (QED) is 0.0428. The van der Waals surface area contributed by atoms with Crippen LogP contribution in [0.1, 0.15) is 65.8 Å². The molecule has 2 fully saturated rings. The molecule has 2 aliphatic carbocycles. The smallest absolute Gasteiger partial charge is 0.253 e. The van der Waals surface area contributed by atoms with E-state index in [1.807, 2.05) is 31.2 Å². The molecule has 8 rings (SSSR count). The van der Waals surface area contributed by atoms with Gasteiger partial charge in [-0.25, -0.2) is 21.1 Å². The Balaban J connectivity index is 1.01. The van der Waals surface area contributed by atoms with E-state index >= 15 is 0 Å². The molecule has 6 N–H and O–H groups in total. The van der Waals surface area contributed by atoms with E-state index in [-0.39, 0.29) is 50.7 Å². The number of phenolic OH excluding ortho intramolecular Hbond substituents is 2. The van der Waals surface area contributed by atoms with Crippen LogP contribution in [-0.2, 0) is 37.7 Å². The summed E-state index contributed by atoms with van der Waals surface area (Å²) in [5.74, 6) is -1.48. The van der Waals surface area contributed by atoms with Crippen molar-refractivity contribution < 1.29 is 27.0 Å². The van der Waals surface area contributed by atoms with Gasteiger partial charge in [-0.05, 0) is 81.0 Å². The number of nitrogens with one attached hydrogen (secondary N) is 4. The van der Waals surface area contributed by atoms with Gasteiger partial charge >= 0.3 is 0 Å². The molecule has 0 aliphatic heterocycles. The van der Waals surface area contributed by atoms with E-state index in [1.165, 1.54) is 56.7 Å². The lowest BCUT2D eigenvalue weighted by Crippen LogP contribution is -2.47. The molecule has 6 aromatic rings. The van der Waals surface area contributed by atoms with Crippen molar-refractivity contribution in [2.45, 2.75) is 79.3 Å². The first-order valence-corrected chi connectivity index (χ1v) is 24.9. The Morgan fingerprint density at radius 2 is 1.08 bits per heavy atom. The predicted molar refractivity (Wildman–Crippen MR) is 253 cm³/mol. The number of nitrogens with zero attached hydrogens (tertiary/aromatic N) is 2. The number of sulfonamides is 2. The van der Waals surface area contributed by atoms with Crippen LogP contribution in [0.2, 0.25) is 10.0 Å². The molecule has 21 heteroatoms. The van der Waals surface area contributed by atoms with Crippen molar-refractivity contribution in [3.63, 3.8) is 0 Å². The molecule has 0 atom stereocenters. The Hall–Kier alpha value is -5.28. The number of hydrogen-bond acceptors (Lipinski definition) is 15. The van der Waals surface area contributed by atoms with Gasteiger partial charge in [-0.15, -0.1) is 11.3 Å². The van der Waals surface area contributed by atoms with Crippen LogP contribution >= 0.6 is 34.5 Å². The summed E-state index contributed by atoms with van der Waals surface area (Å²) >= 11 is 13.9. The third-order valence-corrected chi connectivity index (χ3v) is 18.3. The van der Waals surface area contributed by atoms with Crippen LogP contribution in [0.25, 0.3) is 0 Å². The minimum absolute atomic E-state index is 0.0407. The number of rotatable bonds is 16. The average Bonchev–Trinajstić information content (AvgIpc) is 3.93. The second-order valence-electron chi connectivity index (χ2n) is 16.8. The zero-order valence-electron chi connectivity index (χ0n) is 35.5. The Labute approximate surface area is 387 Å². The molecular weight excluding hydrogens is 940 g/mol. The first-order valence-electron chi connectivity index (χ1n) is 20.5. The molecule has 1 aromatic heterocycles. The van der Waals surface area contributed by atoms with Gasteiger partial charge in [0.1, 0.15) is 32.5 Å². The second kappa shape index (κ2) is 16.9. The zero-order valence-corrected chi connectivity index (χ0v) is 39.4. The molecule has 0 radical (unpaired) electrons. The summed E-state index contributed by atoms with van der Waals surface area (Å²) in [6, 6.07) is 16.6. The van der Waals surface area contributed by atoms with E-state index in [9.17, 15) is 46.2 Å². The molecule has 0 unspecified atom stereocenters. The number of anilines is 6. The lowest BCUT2D eigenvalue weighted by atomic mass is 9.71. The molecule has 2 saturated carbocycles. The fourth-order valence-corrected chi connectivity index (χ4v) is 13.0. The number of phenols is 2. The van der Waals surface area contributed by atoms with Gasteiger partial charge in [0, 0.05) is 37.4 Å². The monoisotopic (exact) mass is 982 g/mol. The lowest BCUT2D eigenvalue weighted by molar-refractivity contribution is 0.284. The van der Waals surface area contributed by atoms with Crippen LogP contribution < -0.4 is 43.0 Å².